The number of halogens is 2. The van der Waals surface area contributed by atoms with Gasteiger partial charge < -0.3 is 9.73 Å². The molecular weight excluding hydrogens is 335 g/mol. The molecule has 1 heterocycles. The summed E-state index contributed by atoms with van der Waals surface area (Å²) in [7, 11) is -3.88. The van der Waals surface area contributed by atoms with Gasteiger partial charge >= 0.3 is 0 Å². The first kappa shape index (κ1) is 16.2. The van der Waals surface area contributed by atoms with Crippen LogP contribution in [0.1, 0.15) is 12.7 Å². The molecular formula is C13H14Cl2N2O3S. The van der Waals surface area contributed by atoms with E-state index in [1.54, 1.807) is 24.3 Å². The second-order valence-corrected chi connectivity index (χ2v) is 6.63. The molecule has 0 fully saturated rings. The summed E-state index contributed by atoms with van der Waals surface area (Å²) in [5.74, 6) is 0.530. The fourth-order valence-corrected chi connectivity index (χ4v) is 3.28. The monoisotopic (exact) mass is 348 g/mol. The van der Waals surface area contributed by atoms with Gasteiger partial charge in [0, 0.05) is 0 Å². The molecule has 21 heavy (non-hydrogen) atoms. The average molecular weight is 349 g/mol. The molecule has 1 aromatic carbocycles. The van der Waals surface area contributed by atoms with Crippen molar-refractivity contribution in [2.45, 2.75) is 18.6 Å². The summed E-state index contributed by atoms with van der Waals surface area (Å²) in [6.07, 6.45) is 0. The Kier molecular flexibility index (Phi) is 5.16. The van der Waals surface area contributed by atoms with Crippen molar-refractivity contribution in [2.75, 3.05) is 11.3 Å². The lowest BCUT2D eigenvalue weighted by Crippen LogP contribution is -2.13. The van der Waals surface area contributed by atoms with Gasteiger partial charge in [-0.3, -0.25) is 4.72 Å². The molecule has 0 bridgehead atoms. The fraction of sp³-hybridized carbons (Fsp3) is 0.231. The summed E-state index contributed by atoms with van der Waals surface area (Å²) >= 11 is 11.9. The predicted molar refractivity (Wildman–Crippen MR) is 83.4 cm³/mol. The van der Waals surface area contributed by atoms with Crippen LogP contribution in [-0.2, 0) is 16.6 Å². The number of furan rings is 1. The summed E-state index contributed by atoms with van der Waals surface area (Å²) in [4.78, 5) is 0. The van der Waals surface area contributed by atoms with Crippen LogP contribution in [0.5, 0.6) is 0 Å². The standard InChI is InChI=1S/C13H14Cl2N2O3S/c1-2-16-8-9-6-7-12(20-9)21(18,19)17-13-10(14)4-3-5-11(13)15/h3-7,16-17H,2,8H2,1H3. The molecule has 2 N–H and O–H groups in total. The number of hydrogen-bond donors (Lipinski definition) is 2. The molecule has 0 aliphatic carbocycles. The third kappa shape index (κ3) is 3.91. The highest BCUT2D eigenvalue weighted by atomic mass is 35.5. The fourth-order valence-electron chi connectivity index (χ4n) is 1.63. The number of anilines is 1. The minimum Gasteiger partial charge on any atom is -0.446 e. The lowest BCUT2D eigenvalue weighted by molar-refractivity contribution is 0.405. The third-order valence-corrected chi connectivity index (χ3v) is 4.50. The molecule has 1 aromatic heterocycles. The Bertz CT molecular complexity index is 709. The van der Waals surface area contributed by atoms with E-state index in [0.717, 1.165) is 6.54 Å². The van der Waals surface area contributed by atoms with Crippen LogP contribution in [0.15, 0.2) is 39.8 Å². The van der Waals surface area contributed by atoms with Crippen LogP contribution in [0.4, 0.5) is 5.69 Å². The van der Waals surface area contributed by atoms with E-state index in [2.05, 4.69) is 10.0 Å². The topological polar surface area (TPSA) is 71.3 Å². The van der Waals surface area contributed by atoms with Crippen molar-refractivity contribution in [3.8, 4) is 0 Å². The second-order valence-electron chi connectivity index (χ2n) is 4.20. The molecule has 2 aromatic rings. The highest BCUT2D eigenvalue weighted by Crippen LogP contribution is 2.32. The van der Waals surface area contributed by atoms with Gasteiger partial charge in [0.05, 0.1) is 22.3 Å². The van der Waals surface area contributed by atoms with Crippen molar-refractivity contribution in [3.05, 3.63) is 46.1 Å². The van der Waals surface area contributed by atoms with Crippen molar-refractivity contribution < 1.29 is 12.8 Å². The Hall–Kier alpha value is -1.21. The summed E-state index contributed by atoms with van der Waals surface area (Å²) in [5, 5.41) is 3.28. The van der Waals surface area contributed by atoms with E-state index in [1.807, 2.05) is 6.92 Å². The molecule has 0 spiro atoms. The van der Waals surface area contributed by atoms with Crippen LogP contribution in [0.3, 0.4) is 0 Å². The van der Waals surface area contributed by atoms with Gasteiger partial charge in [0.15, 0.2) is 0 Å². The second kappa shape index (κ2) is 6.70. The highest BCUT2D eigenvalue weighted by Gasteiger charge is 2.21. The first-order chi connectivity index (χ1) is 9.94. The van der Waals surface area contributed by atoms with E-state index in [0.29, 0.717) is 12.3 Å². The Morgan fingerprint density at radius 2 is 1.81 bits per heavy atom. The molecule has 0 aliphatic heterocycles. The minimum absolute atomic E-state index is 0.130. The van der Waals surface area contributed by atoms with Crippen molar-refractivity contribution in [1.82, 2.24) is 5.32 Å². The van der Waals surface area contributed by atoms with Crippen molar-refractivity contribution in [3.63, 3.8) is 0 Å². The third-order valence-electron chi connectivity index (χ3n) is 2.65. The zero-order chi connectivity index (χ0) is 15.5. The first-order valence-electron chi connectivity index (χ1n) is 6.20. The van der Waals surface area contributed by atoms with Gasteiger partial charge in [0.2, 0.25) is 5.09 Å². The van der Waals surface area contributed by atoms with Gasteiger partial charge in [-0.05, 0) is 30.8 Å². The minimum atomic E-state index is -3.88. The molecule has 0 saturated carbocycles. The largest absolute Gasteiger partial charge is 0.446 e. The predicted octanol–water partition coefficient (Wildman–Crippen LogP) is 3.50. The first-order valence-corrected chi connectivity index (χ1v) is 8.44. The zero-order valence-electron chi connectivity index (χ0n) is 11.2. The van der Waals surface area contributed by atoms with Crippen LogP contribution < -0.4 is 10.0 Å². The highest BCUT2D eigenvalue weighted by molar-refractivity contribution is 7.92. The van der Waals surface area contributed by atoms with Gasteiger partial charge in [-0.15, -0.1) is 0 Å². The van der Waals surface area contributed by atoms with Crippen LogP contribution in [0.2, 0.25) is 10.0 Å². The van der Waals surface area contributed by atoms with E-state index in [-0.39, 0.29) is 20.8 Å². The van der Waals surface area contributed by atoms with Crippen molar-refractivity contribution >= 4 is 38.9 Å². The SMILES string of the molecule is CCNCc1ccc(S(=O)(=O)Nc2c(Cl)cccc2Cl)o1. The van der Waals surface area contributed by atoms with Crippen LogP contribution in [0, 0.1) is 0 Å². The molecule has 0 aliphatic rings. The van der Waals surface area contributed by atoms with E-state index in [9.17, 15) is 8.42 Å². The van der Waals surface area contributed by atoms with E-state index >= 15 is 0 Å². The molecule has 0 unspecified atom stereocenters. The number of benzene rings is 1. The lowest BCUT2D eigenvalue weighted by Gasteiger charge is -2.09. The van der Waals surface area contributed by atoms with E-state index in [1.165, 1.54) is 6.07 Å². The molecule has 0 saturated heterocycles. The number of para-hydroxylation sites is 1. The van der Waals surface area contributed by atoms with Crippen molar-refractivity contribution in [1.29, 1.82) is 0 Å². The van der Waals surface area contributed by atoms with E-state index < -0.39 is 10.0 Å². The molecule has 0 atom stereocenters. The molecule has 5 nitrogen and oxygen atoms in total. The zero-order valence-corrected chi connectivity index (χ0v) is 13.5. The lowest BCUT2D eigenvalue weighted by atomic mass is 10.3. The number of rotatable bonds is 6. The molecule has 0 radical (unpaired) electrons. The van der Waals surface area contributed by atoms with Gasteiger partial charge in [0.1, 0.15) is 5.76 Å². The molecule has 2 rings (SSSR count). The number of sulfonamides is 1. The van der Waals surface area contributed by atoms with Gasteiger partial charge in [-0.25, -0.2) is 0 Å². The van der Waals surface area contributed by atoms with Gasteiger partial charge in [0.25, 0.3) is 10.0 Å². The smallest absolute Gasteiger partial charge is 0.295 e. The van der Waals surface area contributed by atoms with Crippen LogP contribution in [-0.4, -0.2) is 15.0 Å². The maximum Gasteiger partial charge on any atom is 0.295 e. The normalized spacial score (nSPS) is 11.6. The quantitative estimate of drug-likeness (QED) is 0.837. The number of nitrogens with one attached hydrogen (secondary N) is 2. The molecule has 8 heteroatoms. The summed E-state index contributed by atoms with van der Waals surface area (Å²) < 4.78 is 32.1. The maximum absolute atomic E-state index is 12.3. The summed E-state index contributed by atoms with van der Waals surface area (Å²) in [6.45, 7) is 3.16. The van der Waals surface area contributed by atoms with Crippen molar-refractivity contribution in [2.24, 2.45) is 0 Å². The van der Waals surface area contributed by atoms with Gasteiger partial charge in [-0.2, -0.15) is 8.42 Å². The molecule has 114 valence electrons. The molecule has 0 amide bonds. The summed E-state index contributed by atoms with van der Waals surface area (Å²) in [5.41, 5.74) is 0.130. The average Bonchev–Trinajstić information content (AvgIpc) is 2.90. The Morgan fingerprint density at radius 3 is 2.43 bits per heavy atom. The van der Waals surface area contributed by atoms with Crippen LogP contribution >= 0.6 is 23.2 Å². The Balaban J connectivity index is 2.24. The van der Waals surface area contributed by atoms with Crippen LogP contribution in [0.25, 0.3) is 0 Å². The van der Waals surface area contributed by atoms with Gasteiger partial charge in [-0.1, -0.05) is 36.2 Å². The Labute approximate surface area is 133 Å². The van der Waals surface area contributed by atoms with E-state index in [4.69, 9.17) is 27.6 Å². The maximum atomic E-state index is 12.3. The Morgan fingerprint density at radius 1 is 1.14 bits per heavy atom. The number of hydrogen-bond acceptors (Lipinski definition) is 4. The summed E-state index contributed by atoms with van der Waals surface area (Å²) in [6, 6.07) is 7.71.